The number of benzene rings is 2. The average molecular weight is 594 g/mol. The molecule has 2 aliphatic rings. The number of anilines is 1. The molecule has 2 aromatic carbocycles. The summed E-state index contributed by atoms with van der Waals surface area (Å²) in [6, 6.07) is 14.0. The second-order valence-corrected chi connectivity index (χ2v) is 12.8. The summed E-state index contributed by atoms with van der Waals surface area (Å²) >= 11 is 6.05. The molecule has 1 saturated heterocycles. The number of sulfonamides is 1. The van der Waals surface area contributed by atoms with Crippen molar-refractivity contribution in [2.75, 3.05) is 30.9 Å². The third-order valence-electron chi connectivity index (χ3n) is 7.83. The lowest BCUT2D eigenvalue weighted by atomic mass is 9.83. The number of hydrogen-bond donors (Lipinski definition) is 1. The van der Waals surface area contributed by atoms with Crippen molar-refractivity contribution in [2.45, 2.75) is 56.4 Å². The van der Waals surface area contributed by atoms with Gasteiger partial charge < -0.3 is 4.90 Å². The van der Waals surface area contributed by atoms with Gasteiger partial charge in [-0.2, -0.15) is 0 Å². The summed E-state index contributed by atoms with van der Waals surface area (Å²) in [6.45, 7) is 5.25. The molecule has 1 aliphatic heterocycles. The Hall–Kier alpha value is -3.27. The normalized spacial score (nSPS) is 17.2. The molecule has 1 saturated carbocycles. The molecule has 8 nitrogen and oxygen atoms in total. The monoisotopic (exact) mass is 593 g/mol. The number of para-hydroxylation sites is 1. The number of aliphatic imine (C=N–C) groups is 1. The van der Waals surface area contributed by atoms with Crippen LogP contribution in [0, 0.1) is 0 Å². The van der Waals surface area contributed by atoms with E-state index in [4.69, 9.17) is 11.6 Å². The molecular formula is C31H36ClN5O3S. The smallest absolute Gasteiger partial charge is 0.264 e. The van der Waals surface area contributed by atoms with E-state index in [-0.39, 0.29) is 10.8 Å². The number of nitrogens with zero attached hydrogens (tertiary/aromatic N) is 4. The van der Waals surface area contributed by atoms with Crippen LogP contribution in [-0.4, -0.2) is 61.5 Å². The summed E-state index contributed by atoms with van der Waals surface area (Å²) in [4.78, 5) is 26.1. The van der Waals surface area contributed by atoms with Crippen molar-refractivity contribution < 1.29 is 13.2 Å². The van der Waals surface area contributed by atoms with Crippen molar-refractivity contribution in [3.8, 4) is 0 Å². The molecule has 0 bridgehead atoms. The highest BCUT2D eigenvalue weighted by molar-refractivity contribution is 7.92. The van der Waals surface area contributed by atoms with Crippen LogP contribution < -0.4 is 4.72 Å². The minimum atomic E-state index is -3.89. The molecule has 0 atom stereocenters. The first kappa shape index (κ1) is 29.2. The number of pyridine rings is 1. The van der Waals surface area contributed by atoms with Gasteiger partial charge in [0.2, 0.25) is 0 Å². The van der Waals surface area contributed by atoms with Crippen LogP contribution in [0.5, 0.6) is 0 Å². The minimum Gasteiger partial charge on any atom is -0.336 e. The molecule has 41 heavy (non-hydrogen) atoms. The fourth-order valence-corrected chi connectivity index (χ4v) is 7.19. The van der Waals surface area contributed by atoms with E-state index in [0.717, 1.165) is 56.4 Å². The third-order valence-corrected chi connectivity index (χ3v) is 9.45. The molecule has 1 aliphatic carbocycles. The van der Waals surface area contributed by atoms with E-state index in [2.05, 4.69) is 19.6 Å². The Morgan fingerprint density at radius 2 is 1.78 bits per heavy atom. The predicted molar refractivity (Wildman–Crippen MR) is 164 cm³/mol. The van der Waals surface area contributed by atoms with Gasteiger partial charge in [-0.1, -0.05) is 43.0 Å². The van der Waals surface area contributed by atoms with Crippen molar-refractivity contribution in [1.82, 2.24) is 14.8 Å². The maximum atomic E-state index is 13.5. The van der Waals surface area contributed by atoms with E-state index in [1.54, 1.807) is 55.7 Å². The molecule has 1 amide bonds. The number of rotatable bonds is 8. The number of piperazine rings is 1. The largest absolute Gasteiger partial charge is 0.336 e. The fourth-order valence-electron chi connectivity index (χ4n) is 5.75. The molecule has 10 heteroatoms. The van der Waals surface area contributed by atoms with E-state index >= 15 is 0 Å². The third kappa shape index (κ3) is 7.15. The second kappa shape index (κ2) is 13.1. The Bertz CT molecular complexity index is 1500. The maximum absolute atomic E-state index is 13.5. The molecule has 0 radical (unpaired) electrons. The molecule has 2 heterocycles. The maximum Gasteiger partial charge on any atom is 0.264 e. The molecule has 0 unspecified atom stereocenters. The van der Waals surface area contributed by atoms with E-state index in [9.17, 15) is 13.2 Å². The summed E-state index contributed by atoms with van der Waals surface area (Å²) in [7, 11) is -3.89. The molecule has 0 spiro atoms. The van der Waals surface area contributed by atoms with Gasteiger partial charge in [0.05, 0.1) is 10.7 Å². The number of amides is 1. The standard InChI is InChI=1S/C31H36ClN5O3S/c1-2-34-30-28(24-7-4-3-5-8-24)9-6-10-29(30)41(39,40)35-27-13-11-25(12-14-27)31(38)37-17-15-36(16-18-37)22-23-19-26(32)21-33-20-23/h2,6,9-14,19-21,24,35H,3-5,7-8,15-18,22H2,1H3/b34-2-. The topological polar surface area (TPSA) is 95.0 Å². The number of aromatic nitrogens is 1. The highest BCUT2D eigenvalue weighted by atomic mass is 35.5. The Morgan fingerprint density at radius 1 is 1.05 bits per heavy atom. The highest BCUT2D eigenvalue weighted by Gasteiger charge is 2.26. The number of nitrogens with one attached hydrogen (secondary N) is 1. The number of halogens is 1. The highest BCUT2D eigenvalue weighted by Crippen LogP contribution is 2.40. The Labute approximate surface area is 247 Å². The summed E-state index contributed by atoms with van der Waals surface area (Å²) in [6.07, 6.45) is 10.7. The lowest BCUT2D eigenvalue weighted by molar-refractivity contribution is 0.0628. The van der Waals surface area contributed by atoms with Crippen molar-refractivity contribution in [1.29, 1.82) is 0 Å². The zero-order valence-corrected chi connectivity index (χ0v) is 24.9. The zero-order valence-electron chi connectivity index (χ0n) is 23.3. The van der Waals surface area contributed by atoms with Gasteiger partial charge in [0.15, 0.2) is 0 Å². The Kier molecular flexibility index (Phi) is 9.37. The second-order valence-electron chi connectivity index (χ2n) is 10.7. The SMILES string of the molecule is C/C=N\c1c(C2CCCCC2)cccc1S(=O)(=O)Nc1ccc(C(=O)N2CCN(Cc3cncc(Cl)c3)CC2)cc1. The lowest BCUT2D eigenvalue weighted by Crippen LogP contribution is -2.48. The van der Waals surface area contributed by atoms with Crippen LogP contribution in [0.4, 0.5) is 11.4 Å². The molecule has 3 aromatic rings. The van der Waals surface area contributed by atoms with Crippen LogP contribution in [0.25, 0.3) is 0 Å². The first-order valence-electron chi connectivity index (χ1n) is 14.2. The van der Waals surface area contributed by atoms with Crippen LogP contribution >= 0.6 is 11.6 Å². The van der Waals surface area contributed by atoms with Crippen molar-refractivity contribution >= 4 is 45.1 Å². The van der Waals surface area contributed by atoms with Crippen LogP contribution in [0.3, 0.4) is 0 Å². The summed E-state index contributed by atoms with van der Waals surface area (Å²) in [5, 5.41) is 0.616. The quantitative estimate of drug-likeness (QED) is 0.311. The fraction of sp³-hybridized carbons (Fsp3) is 0.387. The van der Waals surface area contributed by atoms with Gasteiger partial charge in [-0.15, -0.1) is 0 Å². The van der Waals surface area contributed by atoms with Gasteiger partial charge in [0.25, 0.3) is 15.9 Å². The van der Waals surface area contributed by atoms with Crippen molar-refractivity contribution in [2.24, 2.45) is 4.99 Å². The summed E-state index contributed by atoms with van der Waals surface area (Å²) in [5.41, 5.74) is 3.49. The number of carbonyl (C=O) groups excluding carboxylic acids is 1. The predicted octanol–water partition coefficient (Wildman–Crippen LogP) is 6.26. The molecular weight excluding hydrogens is 558 g/mol. The van der Waals surface area contributed by atoms with Crippen LogP contribution in [0.1, 0.15) is 66.4 Å². The average Bonchev–Trinajstić information content (AvgIpc) is 2.98. The van der Waals surface area contributed by atoms with Gasteiger partial charge in [0.1, 0.15) is 4.90 Å². The van der Waals surface area contributed by atoms with Gasteiger partial charge in [-0.3, -0.25) is 24.4 Å². The molecule has 216 valence electrons. The Balaban J connectivity index is 1.23. The van der Waals surface area contributed by atoms with E-state index in [0.29, 0.717) is 41.0 Å². The number of carbonyl (C=O) groups is 1. The molecule has 2 fully saturated rings. The van der Waals surface area contributed by atoms with E-state index in [1.807, 2.05) is 23.2 Å². The zero-order chi connectivity index (χ0) is 28.8. The summed E-state index contributed by atoms with van der Waals surface area (Å²) < 4.78 is 29.7. The van der Waals surface area contributed by atoms with E-state index < -0.39 is 10.0 Å². The molecule has 5 rings (SSSR count). The van der Waals surface area contributed by atoms with Crippen LogP contribution in [0.2, 0.25) is 5.02 Å². The molecule has 1 aromatic heterocycles. The van der Waals surface area contributed by atoms with E-state index in [1.165, 1.54) is 6.42 Å². The van der Waals surface area contributed by atoms with Gasteiger partial charge in [-0.25, -0.2) is 8.42 Å². The van der Waals surface area contributed by atoms with Gasteiger partial charge in [0, 0.05) is 62.6 Å². The first-order chi connectivity index (χ1) is 19.8. The van der Waals surface area contributed by atoms with Crippen LogP contribution in [-0.2, 0) is 16.6 Å². The lowest BCUT2D eigenvalue weighted by Gasteiger charge is -2.34. The van der Waals surface area contributed by atoms with Gasteiger partial charge >= 0.3 is 0 Å². The first-order valence-corrected chi connectivity index (χ1v) is 16.1. The minimum absolute atomic E-state index is 0.0665. The van der Waals surface area contributed by atoms with Crippen LogP contribution in [0.15, 0.2) is 70.8 Å². The van der Waals surface area contributed by atoms with Crippen molar-refractivity contribution in [3.63, 3.8) is 0 Å². The molecule has 1 N–H and O–H groups in total. The Morgan fingerprint density at radius 3 is 2.46 bits per heavy atom. The van der Waals surface area contributed by atoms with Crippen molar-refractivity contribution in [3.05, 3.63) is 82.6 Å². The number of hydrogen-bond acceptors (Lipinski definition) is 6. The van der Waals surface area contributed by atoms with Gasteiger partial charge in [-0.05, 0) is 73.2 Å². The summed E-state index contributed by atoms with van der Waals surface area (Å²) in [5.74, 6) is 0.252.